The summed E-state index contributed by atoms with van der Waals surface area (Å²) in [6.45, 7) is 5.98. The van der Waals surface area contributed by atoms with Gasteiger partial charge in [0.25, 0.3) is 0 Å². The summed E-state index contributed by atoms with van der Waals surface area (Å²) in [5, 5.41) is 18.3. The van der Waals surface area contributed by atoms with Crippen molar-refractivity contribution in [1.29, 1.82) is 0 Å². The lowest BCUT2D eigenvalue weighted by Crippen LogP contribution is -2.33. The third-order valence-electron chi connectivity index (χ3n) is 4.97. The number of nitrogens with one attached hydrogen (secondary N) is 1. The molecule has 2 N–H and O–H groups in total. The van der Waals surface area contributed by atoms with E-state index < -0.39 is 5.92 Å². The van der Waals surface area contributed by atoms with Gasteiger partial charge >= 0.3 is 0 Å². The van der Waals surface area contributed by atoms with E-state index in [9.17, 15) is 9.90 Å². The van der Waals surface area contributed by atoms with Gasteiger partial charge in [0.2, 0.25) is 5.88 Å². The van der Waals surface area contributed by atoms with Gasteiger partial charge in [-0.25, -0.2) is 0 Å². The molecule has 25 heavy (non-hydrogen) atoms. The van der Waals surface area contributed by atoms with Crippen molar-refractivity contribution >= 4 is 23.3 Å². The normalized spacial score (nSPS) is 21.6. The number of phenolic OH excluding ortho intramolecular Hbond substituents is 1. The van der Waals surface area contributed by atoms with Crippen molar-refractivity contribution in [2.45, 2.75) is 39.5 Å². The van der Waals surface area contributed by atoms with Crippen LogP contribution in [0.2, 0.25) is 5.02 Å². The van der Waals surface area contributed by atoms with Crippen LogP contribution in [0.3, 0.4) is 0 Å². The first-order chi connectivity index (χ1) is 11.8. The van der Waals surface area contributed by atoms with Gasteiger partial charge in [-0.1, -0.05) is 30.6 Å². The number of benzene rings is 1. The number of ketones is 1. The molecular weight excluding hydrogens is 340 g/mol. The molecule has 0 bridgehead atoms. The molecule has 2 aromatic rings. The molecule has 130 valence electrons. The number of aromatic nitrogens is 1. The van der Waals surface area contributed by atoms with E-state index in [0.717, 1.165) is 17.7 Å². The first-order valence-electron chi connectivity index (χ1n) is 8.25. The smallest absolute Gasteiger partial charge is 0.233 e. The topological polar surface area (TPSA) is 75.4 Å². The Hall–Kier alpha value is -2.27. The Balaban J connectivity index is 1.98. The van der Waals surface area contributed by atoms with Gasteiger partial charge in [0, 0.05) is 28.3 Å². The molecule has 1 aromatic heterocycles. The van der Waals surface area contributed by atoms with Crippen LogP contribution < -0.4 is 5.32 Å². The SMILES string of the molecule is Cc1noc2c1[C@@H](c1cc(Cl)ccc1O)C1=C(CC(C)(C)CC1=O)N2. The highest BCUT2D eigenvalue weighted by Gasteiger charge is 2.43. The Morgan fingerprint density at radius 2 is 2.12 bits per heavy atom. The minimum absolute atomic E-state index is 0.0781. The molecule has 1 aliphatic heterocycles. The molecule has 0 saturated carbocycles. The van der Waals surface area contributed by atoms with E-state index >= 15 is 0 Å². The molecule has 4 rings (SSSR count). The summed E-state index contributed by atoms with van der Waals surface area (Å²) >= 11 is 6.17. The molecule has 1 atom stereocenters. The third kappa shape index (κ3) is 2.54. The average Bonchev–Trinajstić information content (AvgIpc) is 2.87. The summed E-state index contributed by atoms with van der Waals surface area (Å²) in [4.78, 5) is 13.0. The Kier molecular flexibility index (Phi) is 3.48. The first kappa shape index (κ1) is 16.2. The maximum atomic E-state index is 13.0. The molecule has 1 aromatic carbocycles. The summed E-state index contributed by atoms with van der Waals surface area (Å²) in [6, 6.07) is 4.89. The van der Waals surface area contributed by atoms with Crippen molar-refractivity contribution in [2.75, 3.05) is 5.32 Å². The third-order valence-corrected chi connectivity index (χ3v) is 5.21. The number of anilines is 1. The number of hydrogen-bond donors (Lipinski definition) is 2. The number of fused-ring (bicyclic) bond motifs is 1. The molecule has 0 unspecified atom stereocenters. The molecule has 0 spiro atoms. The number of rotatable bonds is 1. The van der Waals surface area contributed by atoms with Gasteiger partial charge in [0.15, 0.2) is 5.78 Å². The van der Waals surface area contributed by atoms with Crippen molar-refractivity contribution in [2.24, 2.45) is 5.41 Å². The fourth-order valence-corrected chi connectivity index (χ4v) is 4.12. The number of carbonyl (C=O) groups excluding carboxylic acids is 1. The van der Waals surface area contributed by atoms with Crippen molar-refractivity contribution in [1.82, 2.24) is 5.16 Å². The summed E-state index contributed by atoms with van der Waals surface area (Å²) < 4.78 is 5.44. The number of allylic oxidation sites excluding steroid dienone is 2. The van der Waals surface area contributed by atoms with Crippen molar-refractivity contribution < 1.29 is 14.4 Å². The van der Waals surface area contributed by atoms with Crippen LogP contribution in [0.5, 0.6) is 5.75 Å². The number of nitrogens with zero attached hydrogens (tertiary/aromatic N) is 1. The highest BCUT2D eigenvalue weighted by molar-refractivity contribution is 6.30. The lowest BCUT2D eigenvalue weighted by atomic mass is 9.69. The monoisotopic (exact) mass is 358 g/mol. The maximum Gasteiger partial charge on any atom is 0.233 e. The van der Waals surface area contributed by atoms with Gasteiger partial charge in [-0.3, -0.25) is 4.79 Å². The Labute approximate surface area is 150 Å². The summed E-state index contributed by atoms with van der Waals surface area (Å²) in [5.74, 6) is 0.285. The van der Waals surface area contributed by atoms with Crippen LogP contribution in [0.4, 0.5) is 5.88 Å². The quantitative estimate of drug-likeness (QED) is 0.782. The highest BCUT2D eigenvalue weighted by Crippen LogP contribution is 2.51. The van der Waals surface area contributed by atoms with Crippen LogP contribution >= 0.6 is 11.6 Å². The van der Waals surface area contributed by atoms with Gasteiger partial charge in [-0.05, 0) is 37.0 Å². The standard InChI is InChI=1S/C19H19ClN2O3/c1-9-15-16(11-6-10(20)4-5-13(11)23)17-12(21-18(15)25-22-9)7-19(2,3)8-14(17)24/h4-6,16,21,23H,7-8H2,1-3H3/t16-/m1/s1. The fourth-order valence-electron chi connectivity index (χ4n) is 3.94. The molecule has 1 aliphatic carbocycles. The van der Waals surface area contributed by atoms with E-state index in [2.05, 4.69) is 24.3 Å². The zero-order valence-electron chi connectivity index (χ0n) is 14.3. The Bertz CT molecular complexity index is 927. The van der Waals surface area contributed by atoms with Crippen molar-refractivity contribution in [3.05, 3.63) is 51.3 Å². The molecule has 6 heteroatoms. The van der Waals surface area contributed by atoms with Gasteiger partial charge in [-0.2, -0.15) is 0 Å². The Morgan fingerprint density at radius 1 is 1.36 bits per heavy atom. The maximum absolute atomic E-state index is 13.0. The highest BCUT2D eigenvalue weighted by atomic mass is 35.5. The minimum Gasteiger partial charge on any atom is -0.508 e. The molecule has 2 aliphatic rings. The van der Waals surface area contributed by atoms with Crippen LogP contribution in [-0.4, -0.2) is 16.0 Å². The van der Waals surface area contributed by atoms with E-state index in [1.165, 1.54) is 0 Å². The van der Waals surface area contributed by atoms with Crippen LogP contribution in [0, 0.1) is 12.3 Å². The molecule has 2 heterocycles. The number of aromatic hydroxyl groups is 1. The second kappa shape index (κ2) is 5.36. The summed E-state index contributed by atoms with van der Waals surface area (Å²) in [6.07, 6.45) is 1.19. The van der Waals surface area contributed by atoms with Gasteiger partial charge in [0.05, 0.1) is 17.2 Å². The zero-order chi connectivity index (χ0) is 17.9. The zero-order valence-corrected chi connectivity index (χ0v) is 15.1. The van der Waals surface area contributed by atoms with Gasteiger partial charge < -0.3 is 14.9 Å². The van der Waals surface area contributed by atoms with E-state index in [1.807, 2.05) is 6.92 Å². The number of phenols is 1. The summed E-state index contributed by atoms with van der Waals surface area (Å²) in [5.41, 5.74) is 3.46. The van der Waals surface area contributed by atoms with E-state index in [4.69, 9.17) is 16.1 Å². The first-order valence-corrected chi connectivity index (χ1v) is 8.62. The lowest BCUT2D eigenvalue weighted by Gasteiger charge is -2.37. The molecule has 0 fully saturated rings. The van der Waals surface area contributed by atoms with Crippen LogP contribution in [0.15, 0.2) is 34.0 Å². The largest absolute Gasteiger partial charge is 0.508 e. The molecular formula is C19H19ClN2O3. The van der Waals surface area contributed by atoms with E-state index in [0.29, 0.717) is 34.2 Å². The Morgan fingerprint density at radius 3 is 2.88 bits per heavy atom. The fraction of sp³-hybridized carbons (Fsp3) is 0.368. The second-order valence-electron chi connectivity index (χ2n) is 7.61. The molecule has 0 radical (unpaired) electrons. The second-order valence-corrected chi connectivity index (χ2v) is 8.04. The molecule has 0 amide bonds. The van der Waals surface area contributed by atoms with Gasteiger partial charge in [0.1, 0.15) is 5.75 Å². The minimum atomic E-state index is -0.431. The summed E-state index contributed by atoms with van der Waals surface area (Å²) in [7, 11) is 0. The van der Waals surface area contributed by atoms with Crippen LogP contribution in [-0.2, 0) is 4.79 Å². The number of aryl methyl sites for hydroxylation is 1. The number of Topliss-reactive ketones (excluding diaryl/α,β-unsaturated/α-hetero) is 1. The number of halogens is 1. The van der Waals surface area contributed by atoms with E-state index in [-0.39, 0.29) is 16.9 Å². The van der Waals surface area contributed by atoms with Crippen LogP contribution in [0.25, 0.3) is 0 Å². The molecule has 5 nitrogen and oxygen atoms in total. The predicted molar refractivity (Wildman–Crippen MR) is 94.9 cm³/mol. The van der Waals surface area contributed by atoms with Crippen LogP contribution in [0.1, 0.15) is 49.4 Å². The van der Waals surface area contributed by atoms with Crippen molar-refractivity contribution in [3.63, 3.8) is 0 Å². The molecule has 0 saturated heterocycles. The lowest BCUT2D eigenvalue weighted by molar-refractivity contribution is -0.118. The number of hydrogen-bond acceptors (Lipinski definition) is 5. The van der Waals surface area contributed by atoms with Gasteiger partial charge in [-0.15, -0.1) is 0 Å². The van der Waals surface area contributed by atoms with E-state index in [1.54, 1.807) is 18.2 Å². The average molecular weight is 359 g/mol. The van der Waals surface area contributed by atoms with Crippen molar-refractivity contribution in [3.8, 4) is 5.75 Å². The predicted octanol–water partition coefficient (Wildman–Crippen LogP) is 4.54. The number of carbonyl (C=O) groups is 1.